The fourth-order valence-corrected chi connectivity index (χ4v) is 2.95. The molecule has 20 heavy (non-hydrogen) atoms. The summed E-state index contributed by atoms with van der Waals surface area (Å²) in [7, 11) is 0. The zero-order chi connectivity index (χ0) is 15.1. The van der Waals surface area contributed by atoms with Crippen molar-refractivity contribution in [1.29, 1.82) is 0 Å². The minimum Gasteiger partial charge on any atom is -0.367 e. The third kappa shape index (κ3) is 2.21. The van der Waals surface area contributed by atoms with Crippen LogP contribution in [0.4, 0.5) is 4.79 Å². The number of amides is 3. The van der Waals surface area contributed by atoms with Crippen LogP contribution in [0.1, 0.15) is 12.0 Å². The van der Waals surface area contributed by atoms with E-state index in [0.717, 1.165) is 4.90 Å². The van der Waals surface area contributed by atoms with Crippen LogP contribution in [-0.4, -0.2) is 29.2 Å². The SMILES string of the molecule is NC(=O)N1CC(=O)CC1(C(N)=O)c1cc(Cl)cc(Cl)c1. The molecule has 1 saturated heterocycles. The molecule has 0 saturated carbocycles. The summed E-state index contributed by atoms with van der Waals surface area (Å²) < 4.78 is 0. The number of nitrogens with two attached hydrogens (primary N) is 2. The average Bonchev–Trinajstić information content (AvgIpc) is 2.67. The quantitative estimate of drug-likeness (QED) is 0.851. The molecular weight excluding hydrogens is 305 g/mol. The van der Waals surface area contributed by atoms with Gasteiger partial charge in [-0.3, -0.25) is 14.5 Å². The highest BCUT2D eigenvalue weighted by Crippen LogP contribution is 2.39. The Balaban J connectivity index is 2.68. The van der Waals surface area contributed by atoms with Gasteiger partial charge in [0.2, 0.25) is 5.91 Å². The van der Waals surface area contributed by atoms with Gasteiger partial charge in [-0.05, 0) is 23.8 Å². The van der Waals surface area contributed by atoms with E-state index in [0.29, 0.717) is 0 Å². The number of Topliss-reactive ketones (excluding diaryl/α,β-unsaturated/α-hetero) is 1. The maximum atomic E-state index is 11.9. The van der Waals surface area contributed by atoms with Gasteiger partial charge in [-0.15, -0.1) is 0 Å². The maximum Gasteiger partial charge on any atom is 0.316 e. The number of hydrogen-bond donors (Lipinski definition) is 2. The summed E-state index contributed by atoms with van der Waals surface area (Å²) in [6.45, 7) is -0.275. The van der Waals surface area contributed by atoms with E-state index in [9.17, 15) is 14.4 Å². The highest BCUT2D eigenvalue weighted by Gasteiger charge is 2.53. The van der Waals surface area contributed by atoms with Gasteiger partial charge in [-0.1, -0.05) is 23.2 Å². The van der Waals surface area contributed by atoms with Crippen LogP contribution in [0.2, 0.25) is 10.0 Å². The summed E-state index contributed by atoms with van der Waals surface area (Å²) in [4.78, 5) is 36.1. The number of halogens is 2. The molecule has 0 aromatic heterocycles. The van der Waals surface area contributed by atoms with Gasteiger partial charge in [0.25, 0.3) is 0 Å². The van der Waals surface area contributed by atoms with Crippen LogP contribution >= 0.6 is 23.2 Å². The smallest absolute Gasteiger partial charge is 0.316 e. The van der Waals surface area contributed by atoms with E-state index in [2.05, 4.69) is 0 Å². The molecule has 1 unspecified atom stereocenters. The molecule has 1 aliphatic heterocycles. The molecular formula is C12H11Cl2N3O3. The highest BCUT2D eigenvalue weighted by atomic mass is 35.5. The molecule has 0 radical (unpaired) electrons. The lowest BCUT2D eigenvalue weighted by atomic mass is 9.86. The van der Waals surface area contributed by atoms with E-state index in [1.54, 1.807) is 0 Å². The normalized spacial score (nSPS) is 22.1. The van der Waals surface area contributed by atoms with Crippen molar-refractivity contribution in [2.75, 3.05) is 6.54 Å². The van der Waals surface area contributed by atoms with Gasteiger partial charge in [-0.2, -0.15) is 0 Å². The maximum absolute atomic E-state index is 11.9. The zero-order valence-electron chi connectivity index (χ0n) is 10.2. The van der Waals surface area contributed by atoms with Crippen molar-refractivity contribution in [2.24, 2.45) is 11.5 Å². The number of ketones is 1. The minimum absolute atomic E-state index is 0.248. The molecule has 6 nitrogen and oxygen atoms in total. The first kappa shape index (κ1) is 14.6. The lowest BCUT2D eigenvalue weighted by Crippen LogP contribution is -2.55. The molecule has 1 fully saturated rings. The molecule has 0 aliphatic carbocycles. The first-order valence-corrected chi connectivity index (χ1v) is 6.38. The second-order valence-corrected chi connectivity index (χ2v) is 5.40. The van der Waals surface area contributed by atoms with Crippen LogP contribution in [-0.2, 0) is 15.1 Å². The van der Waals surface area contributed by atoms with Crippen LogP contribution in [0.25, 0.3) is 0 Å². The largest absolute Gasteiger partial charge is 0.367 e. The third-order valence-electron chi connectivity index (χ3n) is 3.26. The number of nitrogens with zero attached hydrogens (tertiary/aromatic N) is 1. The molecule has 1 atom stereocenters. The molecule has 1 aromatic rings. The van der Waals surface area contributed by atoms with Gasteiger partial charge in [0.05, 0.1) is 6.54 Å². The van der Waals surface area contributed by atoms with Gasteiger partial charge in [0.1, 0.15) is 0 Å². The molecule has 1 aromatic carbocycles. The molecule has 4 N–H and O–H groups in total. The number of urea groups is 1. The average molecular weight is 316 g/mol. The second kappa shape index (κ2) is 4.96. The first-order valence-electron chi connectivity index (χ1n) is 5.62. The summed E-state index contributed by atoms with van der Waals surface area (Å²) in [5.41, 5.74) is 9.31. The van der Waals surface area contributed by atoms with Crippen molar-refractivity contribution < 1.29 is 14.4 Å². The van der Waals surface area contributed by atoms with Crippen LogP contribution in [0, 0.1) is 0 Å². The van der Waals surface area contributed by atoms with Crippen molar-refractivity contribution in [1.82, 2.24) is 4.90 Å². The fraction of sp³-hybridized carbons (Fsp3) is 0.250. The number of likely N-dealkylation sites (tertiary alicyclic amines) is 1. The Kier molecular flexibility index (Phi) is 3.62. The van der Waals surface area contributed by atoms with Crippen molar-refractivity contribution in [3.63, 3.8) is 0 Å². The Morgan fingerprint density at radius 2 is 1.70 bits per heavy atom. The van der Waals surface area contributed by atoms with Gasteiger partial charge >= 0.3 is 6.03 Å². The Hall–Kier alpha value is -1.79. The fourth-order valence-electron chi connectivity index (χ4n) is 2.43. The van der Waals surface area contributed by atoms with Gasteiger partial charge in [0, 0.05) is 16.5 Å². The molecule has 1 aliphatic rings. The molecule has 1 heterocycles. The summed E-state index contributed by atoms with van der Waals surface area (Å²) in [5, 5.41) is 0.522. The van der Waals surface area contributed by atoms with Crippen molar-refractivity contribution in [2.45, 2.75) is 12.0 Å². The predicted octanol–water partition coefficient (Wildman–Crippen LogP) is 1.03. The summed E-state index contributed by atoms with van der Waals surface area (Å²) in [6, 6.07) is 3.43. The Bertz CT molecular complexity index is 600. The first-order chi connectivity index (χ1) is 9.27. The summed E-state index contributed by atoms with van der Waals surface area (Å²) >= 11 is 11.8. The van der Waals surface area contributed by atoms with Gasteiger partial charge < -0.3 is 11.5 Å². The Morgan fingerprint density at radius 3 is 2.15 bits per heavy atom. The van der Waals surface area contributed by atoms with Crippen LogP contribution in [0.3, 0.4) is 0 Å². The second-order valence-electron chi connectivity index (χ2n) is 4.52. The van der Waals surface area contributed by atoms with E-state index in [4.69, 9.17) is 34.7 Å². The molecule has 0 spiro atoms. The van der Waals surface area contributed by atoms with E-state index in [1.807, 2.05) is 0 Å². The zero-order valence-corrected chi connectivity index (χ0v) is 11.7. The topological polar surface area (TPSA) is 106 Å². The summed E-state index contributed by atoms with van der Waals surface area (Å²) in [5.74, 6) is -1.18. The monoisotopic (exact) mass is 315 g/mol. The number of primary amides is 2. The van der Waals surface area contributed by atoms with Crippen molar-refractivity contribution in [3.8, 4) is 0 Å². The van der Waals surface area contributed by atoms with Crippen molar-refractivity contribution >= 4 is 40.9 Å². The Morgan fingerprint density at radius 1 is 1.15 bits per heavy atom. The van der Waals surface area contributed by atoms with E-state index < -0.39 is 17.5 Å². The lowest BCUT2D eigenvalue weighted by Gasteiger charge is -2.34. The lowest BCUT2D eigenvalue weighted by molar-refractivity contribution is -0.128. The molecule has 3 amide bonds. The highest BCUT2D eigenvalue weighted by molar-refractivity contribution is 6.34. The molecule has 8 heteroatoms. The van der Waals surface area contributed by atoms with Crippen LogP contribution in [0.5, 0.6) is 0 Å². The van der Waals surface area contributed by atoms with E-state index >= 15 is 0 Å². The van der Waals surface area contributed by atoms with Crippen LogP contribution < -0.4 is 11.5 Å². The number of hydrogen-bond acceptors (Lipinski definition) is 3. The number of rotatable bonds is 2. The van der Waals surface area contributed by atoms with E-state index in [1.165, 1.54) is 18.2 Å². The minimum atomic E-state index is -1.64. The molecule has 0 bridgehead atoms. The van der Waals surface area contributed by atoms with E-state index in [-0.39, 0.29) is 34.4 Å². The number of benzene rings is 1. The van der Waals surface area contributed by atoms with Crippen LogP contribution in [0.15, 0.2) is 18.2 Å². The summed E-state index contributed by atoms with van der Waals surface area (Å²) in [6.07, 6.45) is -0.248. The molecule has 106 valence electrons. The van der Waals surface area contributed by atoms with Gasteiger partial charge in [0.15, 0.2) is 11.3 Å². The third-order valence-corrected chi connectivity index (χ3v) is 3.70. The Labute approximate surface area is 124 Å². The molecule has 2 rings (SSSR count). The number of carbonyl (C=O) groups is 3. The van der Waals surface area contributed by atoms with Crippen molar-refractivity contribution in [3.05, 3.63) is 33.8 Å². The van der Waals surface area contributed by atoms with Gasteiger partial charge in [-0.25, -0.2) is 4.79 Å². The predicted molar refractivity (Wildman–Crippen MR) is 73.2 cm³/mol. The number of carbonyl (C=O) groups excluding carboxylic acids is 3. The standard InChI is InChI=1S/C12H11Cl2N3O3/c13-7-1-6(2-8(14)3-7)12(10(15)19)4-9(18)5-17(12)11(16)20/h1-3H,4-5H2,(H2,15,19)(H2,16,20).